The fourth-order valence-corrected chi connectivity index (χ4v) is 3.75. The van der Waals surface area contributed by atoms with Crippen LogP contribution >= 0.6 is 0 Å². The number of anilines is 2. The zero-order chi connectivity index (χ0) is 22.8. The standard InChI is InChI=1S/C24H23N3O6/c1-2-3-8-27-18-12-16(5-7-19(18)32-14-23(27)28)25-24(29)17-13-21(33-26-17)15-4-6-20-22(11-15)31-10-9-30-20/h4-7,11-13H,2-3,8-10,14H2,1H3,(H,25,29). The van der Waals surface area contributed by atoms with E-state index in [0.717, 1.165) is 18.4 Å². The van der Waals surface area contributed by atoms with E-state index in [1.807, 2.05) is 6.07 Å². The maximum absolute atomic E-state index is 12.8. The zero-order valence-electron chi connectivity index (χ0n) is 18.1. The molecule has 5 rings (SSSR count). The molecular formula is C24H23N3O6. The molecular weight excluding hydrogens is 426 g/mol. The Morgan fingerprint density at radius 1 is 1.03 bits per heavy atom. The summed E-state index contributed by atoms with van der Waals surface area (Å²) in [5.41, 5.74) is 2.03. The van der Waals surface area contributed by atoms with Crippen LogP contribution in [0, 0.1) is 0 Å². The molecule has 0 spiro atoms. The van der Waals surface area contributed by atoms with Crippen LogP contribution in [-0.2, 0) is 4.79 Å². The summed E-state index contributed by atoms with van der Waals surface area (Å²) in [7, 11) is 0. The van der Waals surface area contributed by atoms with Crippen molar-refractivity contribution in [2.45, 2.75) is 19.8 Å². The van der Waals surface area contributed by atoms with E-state index in [1.165, 1.54) is 0 Å². The van der Waals surface area contributed by atoms with Crippen molar-refractivity contribution in [2.75, 3.05) is 36.6 Å². The number of aromatic nitrogens is 1. The predicted molar refractivity (Wildman–Crippen MR) is 120 cm³/mol. The lowest BCUT2D eigenvalue weighted by Gasteiger charge is -2.29. The summed E-state index contributed by atoms with van der Waals surface area (Å²) in [4.78, 5) is 26.8. The van der Waals surface area contributed by atoms with Crippen LogP contribution in [0.5, 0.6) is 17.2 Å². The number of hydrogen-bond donors (Lipinski definition) is 1. The Labute approximate surface area is 190 Å². The van der Waals surface area contributed by atoms with E-state index in [4.69, 9.17) is 18.7 Å². The van der Waals surface area contributed by atoms with Crippen molar-refractivity contribution in [3.05, 3.63) is 48.2 Å². The maximum atomic E-state index is 12.8. The number of hydrogen-bond acceptors (Lipinski definition) is 7. The monoisotopic (exact) mass is 449 g/mol. The lowest BCUT2D eigenvalue weighted by Crippen LogP contribution is -2.39. The van der Waals surface area contributed by atoms with Gasteiger partial charge in [0.1, 0.15) is 19.0 Å². The fraction of sp³-hybridized carbons (Fsp3) is 0.292. The van der Waals surface area contributed by atoms with E-state index in [1.54, 1.807) is 41.3 Å². The molecule has 1 N–H and O–H groups in total. The number of rotatable bonds is 6. The van der Waals surface area contributed by atoms with E-state index in [2.05, 4.69) is 17.4 Å². The molecule has 1 aromatic heterocycles. The van der Waals surface area contributed by atoms with Crippen LogP contribution in [0.3, 0.4) is 0 Å². The average molecular weight is 449 g/mol. The van der Waals surface area contributed by atoms with Gasteiger partial charge in [0, 0.05) is 23.9 Å². The average Bonchev–Trinajstić information content (AvgIpc) is 3.34. The lowest BCUT2D eigenvalue weighted by molar-refractivity contribution is -0.121. The first-order chi connectivity index (χ1) is 16.1. The third-order valence-corrected chi connectivity index (χ3v) is 5.46. The van der Waals surface area contributed by atoms with Gasteiger partial charge in [-0.25, -0.2) is 0 Å². The number of carbonyl (C=O) groups excluding carboxylic acids is 2. The van der Waals surface area contributed by atoms with E-state index < -0.39 is 5.91 Å². The zero-order valence-corrected chi connectivity index (χ0v) is 18.1. The van der Waals surface area contributed by atoms with Crippen LogP contribution in [0.1, 0.15) is 30.3 Å². The van der Waals surface area contributed by atoms with Gasteiger partial charge < -0.3 is 29.0 Å². The van der Waals surface area contributed by atoms with E-state index in [9.17, 15) is 9.59 Å². The molecule has 2 amide bonds. The summed E-state index contributed by atoms with van der Waals surface area (Å²) >= 11 is 0. The third-order valence-electron chi connectivity index (χ3n) is 5.46. The largest absolute Gasteiger partial charge is 0.486 e. The Morgan fingerprint density at radius 2 is 1.85 bits per heavy atom. The molecule has 9 nitrogen and oxygen atoms in total. The van der Waals surface area contributed by atoms with Gasteiger partial charge in [-0.3, -0.25) is 9.59 Å². The number of ether oxygens (including phenoxy) is 3. The van der Waals surface area contributed by atoms with E-state index in [0.29, 0.717) is 54.1 Å². The second kappa shape index (κ2) is 8.85. The molecule has 3 aromatic rings. The van der Waals surface area contributed by atoms with Gasteiger partial charge in [0.2, 0.25) is 0 Å². The van der Waals surface area contributed by atoms with Crippen LogP contribution in [0.2, 0.25) is 0 Å². The van der Waals surface area contributed by atoms with E-state index >= 15 is 0 Å². The minimum atomic E-state index is -0.425. The van der Waals surface area contributed by atoms with Gasteiger partial charge in [0.15, 0.2) is 29.6 Å². The number of unbranched alkanes of at least 4 members (excludes halogenated alkanes) is 1. The molecule has 3 heterocycles. The minimum Gasteiger partial charge on any atom is -0.486 e. The summed E-state index contributed by atoms with van der Waals surface area (Å²) in [5.74, 6) is 1.83. The topological polar surface area (TPSA) is 103 Å². The van der Waals surface area contributed by atoms with Gasteiger partial charge in [-0.2, -0.15) is 0 Å². The molecule has 0 atom stereocenters. The third kappa shape index (κ3) is 4.21. The number of nitrogens with zero attached hydrogens (tertiary/aromatic N) is 2. The number of amides is 2. The number of benzene rings is 2. The quantitative estimate of drug-likeness (QED) is 0.609. The van der Waals surface area contributed by atoms with Gasteiger partial charge in [-0.15, -0.1) is 0 Å². The first-order valence-electron chi connectivity index (χ1n) is 10.9. The summed E-state index contributed by atoms with van der Waals surface area (Å²) in [6.07, 6.45) is 1.84. The molecule has 0 aliphatic carbocycles. The summed E-state index contributed by atoms with van der Waals surface area (Å²) < 4.78 is 22.0. The molecule has 0 unspecified atom stereocenters. The number of fused-ring (bicyclic) bond motifs is 2. The molecule has 0 fully saturated rings. The van der Waals surface area contributed by atoms with Gasteiger partial charge in [0.25, 0.3) is 11.8 Å². The van der Waals surface area contributed by atoms with Crippen LogP contribution in [0.15, 0.2) is 47.0 Å². The highest BCUT2D eigenvalue weighted by Crippen LogP contribution is 2.36. The molecule has 2 aromatic carbocycles. The Hall–Kier alpha value is -4.01. The van der Waals surface area contributed by atoms with Gasteiger partial charge in [-0.1, -0.05) is 18.5 Å². The van der Waals surface area contributed by atoms with Crippen molar-refractivity contribution in [1.29, 1.82) is 0 Å². The minimum absolute atomic E-state index is 0.0179. The molecule has 0 saturated heterocycles. The lowest BCUT2D eigenvalue weighted by atomic mass is 10.1. The number of nitrogens with one attached hydrogen (secondary N) is 1. The van der Waals surface area contributed by atoms with Crippen molar-refractivity contribution >= 4 is 23.2 Å². The van der Waals surface area contributed by atoms with E-state index in [-0.39, 0.29) is 18.2 Å². The highest BCUT2D eigenvalue weighted by molar-refractivity contribution is 6.04. The first-order valence-corrected chi connectivity index (χ1v) is 10.9. The molecule has 2 aliphatic rings. The summed E-state index contributed by atoms with van der Waals surface area (Å²) in [6.45, 7) is 3.68. The summed E-state index contributed by atoms with van der Waals surface area (Å²) in [5, 5.41) is 6.72. The second-order valence-electron chi connectivity index (χ2n) is 7.76. The highest BCUT2D eigenvalue weighted by atomic mass is 16.6. The van der Waals surface area contributed by atoms with Gasteiger partial charge in [0.05, 0.1) is 5.69 Å². The summed E-state index contributed by atoms with van der Waals surface area (Å²) in [6, 6.07) is 12.2. The highest BCUT2D eigenvalue weighted by Gasteiger charge is 2.26. The van der Waals surface area contributed by atoms with Crippen molar-refractivity contribution in [1.82, 2.24) is 5.16 Å². The smallest absolute Gasteiger partial charge is 0.277 e. The van der Waals surface area contributed by atoms with Crippen LogP contribution in [0.25, 0.3) is 11.3 Å². The first kappa shape index (κ1) is 20.9. The molecule has 0 bridgehead atoms. The number of carbonyl (C=O) groups is 2. The van der Waals surface area contributed by atoms with Crippen molar-refractivity contribution in [3.63, 3.8) is 0 Å². The Kier molecular flexibility index (Phi) is 5.60. The SMILES string of the molecule is CCCCN1C(=O)COc2ccc(NC(=O)c3cc(-c4ccc5c(c4)OCCO5)on3)cc21. The van der Waals surface area contributed by atoms with Gasteiger partial charge >= 0.3 is 0 Å². The Morgan fingerprint density at radius 3 is 2.70 bits per heavy atom. The predicted octanol–water partition coefficient (Wildman–Crippen LogP) is 3.89. The maximum Gasteiger partial charge on any atom is 0.277 e. The molecule has 2 aliphatic heterocycles. The van der Waals surface area contributed by atoms with Crippen molar-refractivity contribution < 1.29 is 28.3 Å². The van der Waals surface area contributed by atoms with Gasteiger partial charge in [-0.05, 0) is 42.8 Å². The van der Waals surface area contributed by atoms with Crippen LogP contribution < -0.4 is 24.4 Å². The molecule has 9 heteroatoms. The molecule has 170 valence electrons. The Balaban J connectivity index is 1.33. The second-order valence-corrected chi connectivity index (χ2v) is 7.76. The molecule has 0 radical (unpaired) electrons. The van der Waals surface area contributed by atoms with Crippen molar-refractivity contribution in [3.8, 4) is 28.6 Å². The normalized spacial score (nSPS) is 14.5. The fourth-order valence-electron chi connectivity index (χ4n) is 3.75. The molecule has 33 heavy (non-hydrogen) atoms. The van der Waals surface area contributed by atoms with Crippen molar-refractivity contribution in [2.24, 2.45) is 0 Å². The Bertz CT molecular complexity index is 1200. The van der Waals surface area contributed by atoms with Crippen LogP contribution in [-0.4, -0.2) is 43.3 Å². The van der Waals surface area contributed by atoms with Crippen LogP contribution in [0.4, 0.5) is 11.4 Å². The molecule has 0 saturated carbocycles.